The second-order valence-corrected chi connectivity index (χ2v) is 24.0. The van der Waals surface area contributed by atoms with Crippen molar-refractivity contribution in [3.05, 3.63) is 130 Å². The number of hydrogen-bond donors (Lipinski definition) is 1. The number of rotatable bonds is 16. The maximum Gasteiger partial charge on any atom is 0.314 e. The molecule has 6 heterocycles. The minimum Gasteiger partial charge on any atom is -0.415 e. The van der Waals surface area contributed by atoms with Gasteiger partial charge >= 0.3 is 12.9 Å². The van der Waals surface area contributed by atoms with Crippen LogP contribution in [0, 0.1) is 0 Å². The number of anilines is 2. The molecule has 75 heavy (non-hydrogen) atoms. The van der Waals surface area contributed by atoms with Crippen molar-refractivity contribution >= 4 is 60.5 Å². The van der Waals surface area contributed by atoms with E-state index in [1.807, 2.05) is 0 Å². The Hall–Kier alpha value is -5.69. The molecule has 1 N–H and O–H groups in total. The minimum absolute atomic E-state index is 0.0235. The number of sulfonamides is 2. The van der Waals surface area contributed by atoms with Crippen LogP contribution in [0.2, 0.25) is 10.0 Å². The fraction of sp³-hybridized carbons (Fsp3) is 0.420. The molecule has 17 nitrogen and oxygen atoms in total. The largest absolute Gasteiger partial charge is 0.415 e. The Morgan fingerprint density at radius 1 is 0.627 bits per heavy atom. The van der Waals surface area contributed by atoms with E-state index < -0.39 is 55.2 Å². The van der Waals surface area contributed by atoms with Gasteiger partial charge in [0.1, 0.15) is 0 Å². The molecule has 0 aliphatic carbocycles. The molecule has 4 saturated heterocycles. The standard InChI is InChI=1S/C26H28ClF2N5O4S.C24H26ClF2N5O3S/c1-17(35)33-15-22(16-33)32-11-9-23(10-12-32)39(36,37)34(21-4-2-3-20(27)13-21)14-18-5-7-19(8-6-18)25-30-31-26(38-25)24(28)29;25-18-2-1-3-19(12-18)32(36(33,34)21-8-10-31(11-9-21)20-13-28-14-20)15-16-4-6-17(7-5-16)23-29-30-24(35-23)22(26)27/h2-8,13,22-24H,9-12,14-16H2,1H3;1-7,12,20-22,28H,8-11,13-15H2. The number of halogens is 6. The van der Waals surface area contributed by atoms with Gasteiger partial charge in [0.25, 0.3) is 11.8 Å². The van der Waals surface area contributed by atoms with Gasteiger partial charge in [-0.1, -0.05) is 59.6 Å². The molecule has 4 aliphatic rings. The van der Waals surface area contributed by atoms with Gasteiger partial charge in [0.2, 0.25) is 37.7 Å². The van der Waals surface area contributed by atoms with E-state index in [1.54, 1.807) is 109 Å². The summed E-state index contributed by atoms with van der Waals surface area (Å²) in [4.78, 5) is 17.9. The molecule has 4 aliphatic heterocycles. The average molecular weight is 1120 g/mol. The molecule has 400 valence electrons. The topological polar surface area (TPSA) is 191 Å². The summed E-state index contributed by atoms with van der Waals surface area (Å²) < 4.78 is 120. The molecule has 0 atom stereocenters. The number of carbonyl (C=O) groups is 1. The molecular weight excluding hydrogens is 1060 g/mol. The van der Waals surface area contributed by atoms with E-state index >= 15 is 0 Å². The molecule has 0 unspecified atom stereocenters. The zero-order valence-electron chi connectivity index (χ0n) is 40.6. The maximum atomic E-state index is 14.0. The average Bonchev–Trinajstić information content (AvgIpc) is 4.08. The first-order valence-electron chi connectivity index (χ1n) is 24.3. The number of carbonyl (C=O) groups excluding carboxylic acids is 1. The highest BCUT2D eigenvalue weighted by atomic mass is 35.5. The summed E-state index contributed by atoms with van der Waals surface area (Å²) in [7, 11) is -7.45. The van der Waals surface area contributed by atoms with Gasteiger partial charge in [0.15, 0.2) is 0 Å². The predicted molar refractivity (Wildman–Crippen MR) is 274 cm³/mol. The Bertz CT molecular complexity index is 3130. The van der Waals surface area contributed by atoms with Gasteiger partial charge in [-0.15, -0.1) is 20.4 Å². The van der Waals surface area contributed by atoms with Crippen LogP contribution >= 0.6 is 23.2 Å². The first kappa shape index (κ1) is 54.1. The Balaban J connectivity index is 0.000000184. The fourth-order valence-electron chi connectivity index (χ4n) is 9.55. The molecular formula is C50H54Cl2F4N10O7S2. The first-order valence-corrected chi connectivity index (χ1v) is 28.1. The summed E-state index contributed by atoms with van der Waals surface area (Å²) in [5.74, 6) is -1.51. The first-order chi connectivity index (χ1) is 35.9. The number of nitrogens with zero attached hydrogens (tertiary/aromatic N) is 9. The molecule has 0 spiro atoms. The Morgan fingerprint density at radius 3 is 1.36 bits per heavy atom. The SMILES string of the molecule is CC(=O)N1CC(N2CCC(S(=O)(=O)N(Cc3ccc(-c4nnc(C(F)F)o4)cc3)c3cccc(Cl)c3)CC2)C1.O=S(=O)(C1CCN(C2CNC2)CC1)N(Cc1ccc(-c2nnc(C(F)F)o2)cc1)c1cccc(Cl)c1. The number of alkyl halides is 4. The molecule has 0 radical (unpaired) electrons. The van der Waals surface area contributed by atoms with E-state index in [9.17, 15) is 39.2 Å². The van der Waals surface area contributed by atoms with Crippen molar-refractivity contribution in [2.45, 2.75) is 81.1 Å². The second-order valence-electron chi connectivity index (χ2n) is 18.8. The normalized spacial score (nSPS) is 17.6. The van der Waals surface area contributed by atoms with Crippen LogP contribution in [0.25, 0.3) is 22.9 Å². The van der Waals surface area contributed by atoms with E-state index in [-0.39, 0.29) is 36.8 Å². The fourth-order valence-corrected chi connectivity index (χ4v) is 13.7. The maximum absolute atomic E-state index is 14.0. The van der Waals surface area contributed by atoms with Crippen molar-refractivity contribution < 1.29 is 48.0 Å². The third-order valence-corrected chi connectivity index (χ3v) is 19.0. The van der Waals surface area contributed by atoms with Gasteiger partial charge in [-0.3, -0.25) is 23.2 Å². The number of amides is 1. The summed E-state index contributed by atoms with van der Waals surface area (Å²) >= 11 is 12.4. The summed E-state index contributed by atoms with van der Waals surface area (Å²) in [6, 6.07) is 27.7. The third kappa shape index (κ3) is 12.6. The van der Waals surface area contributed by atoms with Gasteiger partial charge < -0.3 is 19.1 Å². The lowest BCUT2D eigenvalue weighted by molar-refractivity contribution is -0.136. The highest BCUT2D eigenvalue weighted by molar-refractivity contribution is 7.93. The van der Waals surface area contributed by atoms with Gasteiger partial charge in [0.05, 0.1) is 35.0 Å². The van der Waals surface area contributed by atoms with Crippen LogP contribution in [0.3, 0.4) is 0 Å². The number of hydrogen-bond acceptors (Lipinski definition) is 14. The summed E-state index contributed by atoms with van der Waals surface area (Å²) in [6.07, 6.45) is -3.61. The van der Waals surface area contributed by atoms with Crippen LogP contribution in [-0.4, -0.2) is 133 Å². The van der Waals surface area contributed by atoms with Gasteiger partial charge in [-0.2, -0.15) is 17.6 Å². The quantitative estimate of drug-likeness (QED) is 0.0908. The van der Waals surface area contributed by atoms with Crippen LogP contribution in [-0.2, 0) is 37.9 Å². The number of piperidine rings is 2. The van der Waals surface area contributed by atoms with E-state index in [2.05, 4.69) is 35.5 Å². The predicted octanol–water partition coefficient (Wildman–Crippen LogP) is 8.46. The van der Waals surface area contributed by atoms with Crippen molar-refractivity contribution in [1.29, 1.82) is 0 Å². The lowest BCUT2D eigenvalue weighted by Crippen LogP contribution is -2.62. The summed E-state index contributed by atoms with van der Waals surface area (Å²) in [5, 5.41) is 17.1. The molecule has 0 saturated carbocycles. The molecule has 4 aromatic carbocycles. The van der Waals surface area contributed by atoms with Crippen molar-refractivity contribution in [2.24, 2.45) is 0 Å². The van der Waals surface area contributed by atoms with Gasteiger partial charge in [-0.25, -0.2) is 16.8 Å². The van der Waals surface area contributed by atoms with Crippen molar-refractivity contribution in [3.63, 3.8) is 0 Å². The number of nitrogens with one attached hydrogen (secondary N) is 1. The van der Waals surface area contributed by atoms with E-state index in [1.165, 1.54) is 8.61 Å². The van der Waals surface area contributed by atoms with E-state index in [0.29, 0.717) is 102 Å². The summed E-state index contributed by atoms with van der Waals surface area (Å²) in [5.41, 5.74) is 3.27. The zero-order valence-corrected chi connectivity index (χ0v) is 43.7. The monoisotopic (exact) mass is 1120 g/mol. The minimum atomic E-state index is -3.76. The van der Waals surface area contributed by atoms with Gasteiger partial charge in [0, 0.05) is 66.4 Å². The highest BCUT2D eigenvalue weighted by Crippen LogP contribution is 2.34. The molecule has 4 fully saturated rings. The van der Waals surface area contributed by atoms with Crippen molar-refractivity contribution in [2.75, 3.05) is 61.0 Å². The Labute approximate surface area is 441 Å². The van der Waals surface area contributed by atoms with Crippen LogP contribution in [0.1, 0.15) is 68.4 Å². The molecule has 10 rings (SSSR count). The van der Waals surface area contributed by atoms with Gasteiger partial charge in [-0.05, 0) is 124 Å². The molecule has 1 amide bonds. The van der Waals surface area contributed by atoms with Crippen LogP contribution in [0.5, 0.6) is 0 Å². The smallest absolute Gasteiger partial charge is 0.314 e. The number of likely N-dealkylation sites (tertiary alicyclic amines) is 3. The second kappa shape index (κ2) is 23.3. The van der Waals surface area contributed by atoms with Crippen molar-refractivity contribution in [1.82, 2.24) is 40.4 Å². The van der Waals surface area contributed by atoms with Crippen molar-refractivity contribution in [3.8, 4) is 22.9 Å². The molecule has 2 aromatic heterocycles. The van der Waals surface area contributed by atoms with Crippen LogP contribution in [0.15, 0.2) is 106 Å². The highest BCUT2D eigenvalue weighted by Gasteiger charge is 2.41. The third-order valence-electron chi connectivity index (χ3n) is 14.0. The number of aromatic nitrogens is 4. The summed E-state index contributed by atoms with van der Waals surface area (Å²) in [6.45, 7) is 7.78. The van der Waals surface area contributed by atoms with E-state index in [4.69, 9.17) is 32.0 Å². The molecule has 25 heteroatoms. The number of benzene rings is 4. The Morgan fingerprint density at radius 2 is 1.03 bits per heavy atom. The van der Waals surface area contributed by atoms with E-state index in [0.717, 1.165) is 26.2 Å². The Kier molecular flexibility index (Phi) is 16.8. The zero-order chi connectivity index (χ0) is 53.0. The van der Waals surface area contributed by atoms with Crippen LogP contribution < -0.4 is 13.9 Å². The molecule has 6 aromatic rings. The molecule has 0 bridgehead atoms. The lowest BCUT2D eigenvalue weighted by Gasteiger charge is -2.47. The lowest BCUT2D eigenvalue weighted by atomic mass is 10.0. The van der Waals surface area contributed by atoms with Crippen LogP contribution in [0.4, 0.5) is 28.9 Å².